The van der Waals surface area contributed by atoms with Gasteiger partial charge in [-0.15, -0.1) is 0 Å². The van der Waals surface area contributed by atoms with E-state index in [1.165, 1.54) is 18.9 Å². The number of fused-ring (bicyclic) bond motifs is 1. The number of carbonyl (C=O) groups is 2. The van der Waals surface area contributed by atoms with E-state index in [9.17, 15) is 9.59 Å². The van der Waals surface area contributed by atoms with Gasteiger partial charge in [0.2, 0.25) is 5.91 Å². The van der Waals surface area contributed by atoms with Crippen molar-refractivity contribution < 1.29 is 14.3 Å². The second kappa shape index (κ2) is 8.06. The highest BCUT2D eigenvalue weighted by molar-refractivity contribution is 8.16. The lowest BCUT2D eigenvalue weighted by molar-refractivity contribution is -0.136. The summed E-state index contributed by atoms with van der Waals surface area (Å²) >= 11 is 1.51. The number of nitrogens with zero attached hydrogens (tertiary/aromatic N) is 3. The van der Waals surface area contributed by atoms with Gasteiger partial charge in [0.15, 0.2) is 5.17 Å². The minimum atomic E-state index is -0.388. The first-order valence-corrected chi connectivity index (χ1v) is 10.7. The molecule has 1 unspecified atom stereocenters. The lowest BCUT2D eigenvalue weighted by atomic mass is 9.91. The largest absolute Gasteiger partial charge is 0.466 e. The molecule has 0 bridgehead atoms. The van der Waals surface area contributed by atoms with E-state index >= 15 is 0 Å². The van der Waals surface area contributed by atoms with E-state index in [-0.39, 0.29) is 17.9 Å². The summed E-state index contributed by atoms with van der Waals surface area (Å²) in [5.74, 6) is -0.259. The molecule has 0 spiro atoms. The average Bonchev–Trinajstić information content (AvgIpc) is 3.37. The lowest BCUT2D eigenvalue weighted by Gasteiger charge is -2.37. The first-order chi connectivity index (χ1) is 14.0. The number of methoxy groups -OCH3 is 1. The van der Waals surface area contributed by atoms with Crippen LogP contribution >= 0.6 is 11.8 Å². The topological polar surface area (TPSA) is 62.2 Å². The van der Waals surface area contributed by atoms with Gasteiger partial charge in [-0.1, -0.05) is 36.0 Å². The van der Waals surface area contributed by atoms with Crippen molar-refractivity contribution in [2.45, 2.75) is 39.2 Å². The Bertz CT molecular complexity index is 944. The summed E-state index contributed by atoms with van der Waals surface area (Å²) in [5.41, 5.74) is 4.15. The van der Waals surface area contributed by atoms with Crippen molar-refractivity contribution in [1.82, 2.24) is 9.80 Å². The highest BCUT2D eigenvalue weighted by atomic mass is 32.2. The fraction of sp³-hybridized carbons (Fsp3) is 0.409. The zero-order valence-corrected chi connectivity index (χ0v) is 17.8. The van der Waals surface area contributed by atoms with E-state index in [0.29, 0.717) is 17.7 Å². The number of amides is 1. The zero-order valence-electron chi connectivity index (χ0n) is 17.0. The van der Waals surface area contributed by atoms with Crippen molar-refractivity contribution in [3.05, 3.63) is 57.8 Å². The normalized spacial score (nSPS) is 21.1. The average molecular weight is 412 g/mol. The molecule has 0 saturated carbocycles. The number of esters is 1. The summed E-state index contributed by atoms with van der Waals surface area (Å²) in [7, 11) is 1.39. The summed E-state index contributed by atoms with van der Waals surface area (Å²) in [6.45, 7) is 5.53. The predicted octanol–water partition coefficient (Wildman–Crippen LogP) is 3.76. The number of hydrogen-bond acceptors (Lipinski definition) is 6. The number of ether oxygens (including phenoxy) is 1. The van der Waals surface area contributed by atoms with Crippen LogP contribution in [0, 0.1) is 6.92 Å². The number of thioether (sulfide) groups is 1. The monoisotopic (exact) mass is 411 g/mol. The molecule has 1 atom stereocenters. The molecule has 1 amide bonds. The molecule has 4 rings (SSSR count). The van der Waals surface area contributed by atoms with Gasteiger partial charge >= 0.3 is 5.97 Å². The number of amidine groups is 1. The smallest absolute Gasteiger partial charge is 0.338 e. The number of allylic oxidation sites excluding steroid dienone is 1. The fourth-order valence-electron chi connectivity index (χ4n) is 4.16. The molecule has 1 aromatic rings. The molecule has 7 heteroatoms. The predicted molar refractivity (Wildman–Crippen MR) is 114 cm³/mol. The van der Waals surface area contributed by atoms with E-state index < -0.39 is 0 Å². The van der Waals surface area contributed by atoms with E-state index in [1.807, 2.05) is 53.3 Å². The molecule has 1 aromatic carbocycles. The standard InChI is InChI=1S/C22H25N3O3S/c1-14-8-4-5-9-17(14)20-19(21(27)28-3)15(2)23-22-25(20)16(13-29-22)12-18(26)24-10-6-7-11-24/h4-5,8-9,13,20H,6-7,10-12H2,1-3H3. The van der Waals surface area contributed by atoms with Crippen molar-refractivity contribution in [3.8, 4) is 0 Å². The molecule has 29 heavy (non-hydrogen) atoms. The number of aryl methyl sites for hydroxylation is 1. The maximum atomic E-state index is 12.8. The van der Waals surface area contributed by atoms with Gasteiger partial charge in [-0.25, -0.2) is 9.79 Å². The molecular weight excluding hydrogens is 386 g/mol. The SMILES string of the molecule is COC(=O)C1=C(C)N=C2SC=C(CC(=O)N3CCCC3)N2C1c1ccccc1C. The highest BCUT2D eigenvalue weighted by Gasteiger charge is 2.41. The molecule has 3 heterocycles. The zero-order chi connectivity index (χ0) is 20.5. The van der Waals surface area contributed by atoms with Crippen LogP contribution in [-0.4, -0.2) is 47.0 Å². The molecule has 1 fully saturated rings. The minimum Gasteiger partial charge on any atom is -0.466 e. The Morgan fingerprint density at radius 2 is 1.93 bits per heavy atom. The fourth-order valence-corrected chi connectivity index (χ4v) is 5.13. The number of aliphatic imine (C=N–C) groups is 1. The van der Waals surface area contributed by atoms with Crippen LogP contribution in [0.2, 0.25) is 0 Å². The van der Waals surface area contributed by atoms with Crippen LogP contribution in [0.25, 0.3) is 0 Å². The van der Waals surface area contributed by atoms with Gasteiger partial charge in [-0.05, 0) is 43.2 Å². The van der Waals surface area contributed by atoms with E-state index in [0.717, 1.165) is 47.9 Å². The molecular formula is C22H25N3O3S. The summed E-state index contributed by atoms with van der Waals surface area (Å²) in [6.07, 6.45) is 2.44. The number of likely N-dealkylation sites (tertiary alicyclic amines) is 1. The van der Waals surface area contributed by atoms with Crippen LogP contribution in [0.1, 0.15) is 43.4 Å². The van der Waals surface area contributed by atoms with Crippen LogP contribution in [0.5, 0.6) is 0 Å². The Morgan fingerprint density at radius 1 is 1.21 bits per heavy atom. The minimum absolute atomic E-state index is 0.130. The Hall–Kier alpha value is -2.54. The van der Waals surface area contributed by atoms with Gasteiger partial charge in [0.05, 0.1) is 30.8 Å². The molecule has 0 aliphatic carbocycles. The summed E-state index contributed by atoms with van der Waals surface area (Å²) in [4.78, 5) is 34.2. The summed E-state index contributed by atoms with van der Waals surface area (Å²) < 4.78 is 5.10. The van der Waals surface area contributed by atoms with Crippen molar-refractivity contribution in [2.75, 3.05) is 20.2 Å². The van der Waals surface area contributed by atoms with Crippen molar-refractivity contribution in [2.24, 2.45) is 4.99 Å². The third-order valence-corrected chi connectivity index (χ3v) is 6.57. The molecule has 3 aliphatic rings. The Labute approximate surface area is 175 Å². The molecule has 0 radical (unpaired) electrons. The van der Waals surface area contributed by atoms with Crippen molar-refractivity contribution in [1.29, 1.82) is 0 Å². The first-order valence-electron chi connectivity index (χ1n) is 9.87. The van der Waals surface area contributed by atoms with E-state index in [2.05, 4.69) is 4.99 Å². The van der Waals surface area contributed by atoms with Crippen molar-refractivity contribution in [3.63, 3.8) is 0 Å². The maximum absolute atomic E-state index is 12.8. The van der Waals surface area contributed by atoms with Gasteiger partial charge in [0.25, 0.3) is 0 Å². The third-order valence-electron chi connectivity index (χ3n) is 5.68. The number of hydrogen-bond donors (Lipinski definition) is 0. The van der Waals surface area contributed by atoms with Crippen LogP contribution in [0.3, 0.4) is 0 Å². The number of benzene rings is 1. The second-order valence-corrected chi connectivity index (χ2v) is 8.34. The number of carbonyl (C=O) groups excluding carboxylic acids is 2. The maximum Gasteiger partial charge on any atom is 0.338 e. The van der Waals surface area contributed by atoms with Crippen LogP contribution in [0.15, 0.2) is 51.6 Å². The van der Waals surface area contributed by atoms with Crippen molar-refractivity contribution >= 4 is 28.8 Å². The molecule has 0 aromatic heterocycles. The van der Waals surface area contributed by atoms with Crippen LogP contribution < -0.4 is 0 Å². The third kappa shape index (κ3) is 3.59. The first kappa shape index (κ1) is 19.8. The summed E-state index contributed by atoms with van der Waals surface area (Å²) in [6, 6.07) is 7.66. The Morgan fingerprint density at radius 3 is 2.62 bits per heavy atom. The van der Waals surface area contributed by atoms with Gasteiger partial charge in [-0.3, -0.25) is 4.79 Å². The Kier molecular flexibility index (Phi) is 5.50. The van der Waals surface area contributed by atoms with Crippen LogP contribution in [0.4, 0.5) is 0 Å². The highest BCUT2D eigenvalue weighted by Crippen LogP contribution is 2.45. The quantitative estimate of drug-likeness (QED) is 0.706. The van der Waals surface area contributed by atoms with Gasteiger partial charge in [0, 0.05) is 18.8 Å². The lowest BCUT2D eigenvalue weighted by Crippen LogP contribution is -2.38. The Balaban J connectivity index is 1.74. The molecule has 152 valence electrons. The molecule has 3 aliphatic heterocycles. The van der Waals surface area contributed by atoms with Gasteiger partial charge in [-0.2, -0.15) is 0 Å². The van der Waals surface area contributed by atoms with Gasteiger partial charge < -0.3 is 14.5 Å². The summed E-state index contributed by atoms with van der Waals surface area (Å²) in [5, 5.41) is 2.79. The van der Waals surface area contributed by atoms with E-state index in [1.54, 1.807) is 0 Å². The molecule has 6 nitrogen and oxygen atoms in total. The van der Waals surface area contributed by atoms with Crippen LogP contribution in [-0.2, 0) is 14.3 Å². The molecule has 1 saturated heterocycles. The van der Waals surface area contributed by atoms with E-state index in [4.69, 9.17) is 4.74 Å². The number of rotatable bonds is 4. The molecule has 0 N–H and O–H groups in total. The van der Waals surface area contributed by atoms with Gasteiger partial charge in [0.1, 0.15) is 0 Å². The second-order valence-electron chi connectivity index (χ2n) is 7.51.